The molecule has 0 fully saturated rings. The molecule has 156 valence electrons. The number of nitrogens with two attached hydrogens (primary N) is 1. The summed E-state index contributed by atoms with van der Waals surface area (Å²) in [7, 11) is 0. The van der Waals surface area contributed by atoms with E-state index in [1.54, 1.807) is 0 Å². The highest BCUT2D eigenvalue weighted by molar-refractivity contribution is 5.78. The Labute approximate surface area is 166 Å². The summed E-state index contributed by atoms with van der Waals surface area (Å²) < 4.78 is 0. The number of carbonyl (C=O) groups is 1. The van der Waals surface area contributed by atoms with Crippen molar-refractivity contribution < 1.29 is 9.90 Å². The Bertz CT molecular complexity index is 647. The Kier molecular flexibility index (Phi) is 7.73. The van der Waals surface area contributed by atoms with E-state index < -0.39 is 12.3 Å². The van der Waals surface area contributed by atoms with E-state index in [-0.39, 0.29) is 30.2 Å². The first-order chi connectivity index (χ1) is 13.2. The summed E-state index contributed by atoms with van der Waals surface area (Å²) in [5.74, 6) is -0.251. The van der Waals surface area contributed by atoms with Crippen LogP contribution in [0.15, 0.2) is 40.8 Å². The summed E-state index contributed by atoms with van der Waals surface area (Å²) in [6.07, 6.45) is 0.281. The van der Waals surface area contributed by atoms with E-state index in [1.807, 2.05) is 63.0 Å². The second-order valence-corrected chi connectivity index (χ2v) is 8.01. The van der Waals surface area contributed by atoms with Crippen molar-refractivity contribution in [3.8, 4) is 0 Å². The normalized spacial score (nSPS) is 19.8. The minimum Gasteiger partial charge on any atom is -0.377 e. The summed E-state index contributed by atoms with van der Waals surface area (Å²) in [6, 6.07) is 8.87. The molecule has 1 amide bonds. The zero-order valence-corrected chi connectivity index (χ0v) is 17.1. The summed E-state index contributed by atoms with van der Waals surface area (Å²) in [5, 5.41) is 25.8. The van der Waals surface area contributed by atoms with Gasteiger partial charge in [-0.3, -0.25) is 15.5 Å². The van der Waals surface area contributed by atoms with Gasteiger partial charge in [-0.2, -0.15) is 0 Å². The molecule has 1 heterocycles. The lowest BCUT2D eigenvalue weighted by atomic mass is 10.00. The maximum absolute atomic E-state index is 12.6. The van der Waals surface area contributed by atoms with Gasteiger partial charge in [-0.25, -0.2) is 5.01 Å². The van der Waals surface area contributed by atoms with Crippen molar-refractivity contribution in [2.75, 3.05) is 6.54 Å². The van der Waals surface area contributed by atoms with Crippen LogP contribution in [-0.4, -0.2) is 46.5 Å². The molecule has 2 rings (SSSR count). The van der Waals surface area contributed by atoms with Gasteiger partial charge in [0.15, 0.2) is 6.17 Å². The number of aliphatic hydroxyl groups is 1. The Morgan fingerprint density at radius 1 is 1.36 bits per heavy atom. The minimum absolute atomic E-state index is 0.0432. The van der Waals surface area contributed by atoms with E-state index in [0.717, 1.165) is 12.0 Å². The van der Waals surface area contributed by atoms with Gasteiger partial charge >= 0.3 is 0 Å². The molecule has 0 radical (unpaired) electrons. The molecular formula is C19H33N7O2. The third kappa shape index (κ3) is 5.88. The molecule has 0 aliphatic carbocycles. The van der Waals surface area contributed by atoms with Crippen molar-refractivity contribution in [3.63, 3.8) is 0 Å². The average Bonchev–Trinajstić information content (AvgIpc) is 3.15. The van der Waals surface area contributed by atoms with E-state index in [2.05, 4.69) is 26.5 Å². The molecule has 0 aromatic heterocycles. The molecule has 6 N–H and O–H groups in total. The first-order valence-corrected chi connectivity index (χ1v) is 9.71. The molecule has 9 nitrogen and oxygen atoms in total. The number of amides is 1. The summed E-state index contributed by atoms with van der Waals surface area (Å²) in [5.41, 5.74) is 9.53. The zero-order valence-electron chi connectivity index (χ0n) is 17.1. The van der Waals surface area contributed by atoms with Crippen molar-refractivity contribution in [1.82, 2.24) is 21.1 Å². The summed E-state index contributed by atoms with van der Waals surface area (Å²) >= 11 is 0. The molecule has 1 aromatic carbocycles. The molecule has 28 heavy (non-hydrogen) atoms. The Morgan fingerprint density at radius 2 is 2.04 bits per heavy atom. The highest BCUT2D eigenvalue weighted by Crippen LogP contribution is 2.28. The van der Waals surface area contributed by atoms with Crippen LogP contribution in [0.25, 0.3) is 0 Å². The van der Waals surface area contributed by atoms with Crippen molar-refractivity contribution >= 4 is 5.91 Å². The van der Waals surface area contributed by atoms with Crippen LogP contribution < -0.4 is 21.8 Å². The van der Waals surface area contributed by atoms with Crippen LogP contribution in [0.1, 0.15) is 52.1 Å². The van der Waals surface area contributed by atoms with E-state index in [1.165, 1.54) is 0 Å². The van der Waals surface area contributed by atoms with Crippen LogP contribution in [-0.2, 0) is 4.79 Å². The van der Waals surface area contributed by atoms with E-state index in [0.29, 0.717) is 6.42 Å². The predicted octanol–water partition coefficient (Wildman–Crippen LogP) is 1.19. The number of carbonyl (C=O) groups excluding carboxylic acids is 1. The molecule has 4 atom stereocenters. The first-order valence-electron chi connectivity index (χ1n) is 9.71. The summed E-state index contributed by atoms with van der Waals surface area (Å²) in [6.45, 7) is 8.04. The first kappa shape index (κ1) is 22.1. The van der Waals surface area contributed by atoms with Crippen LogP contribution in [0, 0.1) is 0 Å². The van der Waals surface area contributed by atoms with E-state index >= 15 is 0 Å². The zero-order chi connectivity index (χ0) is 20.7. The van der Waals surface area contributed by atoms with Gasteiger partial charge in [-0.15, -0.1) is 0 Å². The number of aliphatic hydroxyl groups excluding tert-OH is 1. The smallest absolute Gasteiger partial charge is 0.234 e. The molecule has 0 saturated carbocycles. The monoisotopic (exact) mass is 391 g/mol. The number of rotatable bonds is 9. The van der Waals surface area contributed by atoms with Crippen molar-refractivity contribution in [1.29, 1.82) is 0 Å². The van der Waals surface area contributed by atoms with Gasteiger partial charge in [-0.05, 0) is 32.8 Å². The van der Waals surface area contributed by atoms with E-state index in [4.69, 9.17) is 5.73 Å². The van der Waals surface area contributed by atoms with Gasteiger partial charge in [0.1, 0.15) is 6.23 Å². The van der Waals surface area contributed by atoms with Gasteiger partial charge in [0.25, 0.3) is 0 Å². The number of hydrogen-bond acceptors (Lipinski definition) is 8. The van der Waals surface area contributed by atoms with Gasteiger partial charge < -0.3 is 16.2 Å². The van der Waals surface area contributed by atoms with E-state index in [9.17, 15) is 9.90 Å². The maximum Gasteiger partial charge on any atom is 0.234 e. The Morgan fingerprint density at radius 3 is 2.64 bits per heavy atom. The predicted molar refractivity (Wildman–Crippen MR) is 108 cm³/mol. The van der Waals surface area contributed by atoms with Crippen LogP contribution >= 0.6 is 0 Å². The third-order valence-electron chi connectivity index (χ3n) is 4.57. The second-order valence-electron chi connectivity index (χ2n) is 8.01. The fourth-order valence-corrected chi connectivity index (χ4v) is 3.08. The quantitative estimate of drug-likeness (QED) is 0.402. The largest absolute Gasteiger partial charge is 0.377 e. The lowest BCUT2D eigenvalue weighted by Crippen LogP contribution is -2.55. The lowest BCUT2D eigenvalue weighted by Gasteiger charge is -2.37. The topological polar surface area (TPSA) is 127 Å². The fraction of sp³-hybridized carbons (Fsp3) is 0.632. The number of hydrogen-bond donors (Lipinski definition) is 5. The highest BCUT2D eigenvalue weighted by Gasteiger charge is 2.38. The third-order valence-corrected chi connectivity index (χ3v) is 4.57. The molecule has 4 unspecified atom stereocenters. The lowest BCUT2D eigenvalue weighted by molar-refractivity contribution is -0.122. The molecule has 0 spiro atoms. The van der Waals surface area contributed by atoms with Gasteiger partial charge in [0, 0.05) is 6.04 Å². The molecule has 1 aliphatic heterocycles. The van der Waals surface area contributed by atoms with Crippen molar-refractivity contribution in [2.24, 2.45) is 16.2 Å². The van der Waals surface area contributed by atoms with Gasteiger partial charge in [0.05, 0.1) is 18.1 Å². The van der Waals surface area contributed by atoms with Gasteiger partial charge in [-0.1, -0.05) is 54.1 Å². The SMILES string of the molecule is CCCC(N)C(O)NCC(=O)NC(c1ccccc1)C1NN=NN1C(C)(C)C. The molecule has 1 aliphatic rings. The van der Waals surface area contributed by atoms with Crippen LogP contribution in [0.5, 0.6) is 0 Å². The summed E-state index contributed by atoms with van der Waals surface area (Å²) in [4.78, 5) is 12.6. The second kappa shape index (κ2) is 9.81. The highest BCUT2D eigenvalue weighted by atomic mass is 16.3. The number of nitrogens with zero attached hydrogens (tertiary/aromatic N) is 3. The molecule has 1 aromatic rings. The van der Waals surface area contributed by atoms with Crippen LogP contribution in [0.3, 0.4) is 0 Å². The Hall–Kier alpha value is -2.23. The molecule has 9 heteroatoms. The maximum atomic E-state index is 12.6. The standard InChI is InChI=1S/C19H33N7O2/c1-5-9-14(20)18(28)21-12-15(27)22-16(13-10-7-6-8-11-13)17-23-24-25-26(17)19(2,3)4/h6-8,10-11,14,16-18,21,28H,5,9,12,20H2,1-4H3,(H,22,27)(H,23,25). The molecular weight excluding hydrogens is 358 g/mol. The van der Waals surface area contributed by atoms with Gasteiger partial charge in [0.2, 0.25) is 5.91 Å². The number of benzene rings is 1. The van der Waals surface area contributed by atoms with Crippen molar-refractivity contribution in [2.45, 2.75) is 70.6 Å². The molecule has 0 saturated heterocycles. The Balaban J connectivity index is 2.08. The van der Waals surface area contributed by atoms with Crippen molar-refractivity contribution in [3.05, 3.63) is 35.9 Å². The van der Waals surface area contributed by atoms with Crippen LogP contribution in [0.4, 0.5) is 0 Å². The minimum atomic E-state index is -0.929. The fourth-order valence-electron chi connectivity index (χ4n) is 3.08. The average molecular weight is 392 g/mol. The van der Waals surface area contributed by atoms with Crippen LogP contribution in [0.2, 0.25) is 0 Å². The number of nitrogens with one attached hydrogen (secondary N) is 3. The molecule has 0 bridgehead atoms.